The number of anilines is 1. The van der Waals surface area contributed by atoms with Crippen LogP contribution in [0.4, 0.5) is 10.5 Å². The number of benzene rings is 2. The number of amides is 1. The number of aryl methyl sites for hydroxylation is 1. The Kier molecular flexibility index (Phi) is 4.29. The Labute approximate surface area is 139 Å². The van der Waals surface area contributed by atoms with Crippen LogP contribution in [0.3, 0.4) is 0 Å². The first-order chi connectivity index (χ1) is 11.6. The molecule has 0 radical (unpaired) electrons. The molecule has 0 saturated carbocycles. The van der Waals surface area contributed by atoms with E-state index in [4.69, 9.17) is 4.74 Å². The second-order valence-corrected chi connectivity index (χ2v) is 5.24. The Morgan fingerprint density at radius 1 is 1.12 bits per heavy atom. The second-order valence-electron chi connectivity index (χ2n) is 5.24. The van der Waals surface area contributed by atoms with E-state index in [1.165, 1.54) is 4.68 Å². The van der Waals surface area contributed by atoms with Crippen molar-refractivity contribution in [2.24, 2.45) is 0 Å². The van der Waals surface area contributed by atoms with E-state index in [1.807, 2.05) is 31.2 Å². The van der Waals surface area contributed by atoms with Gasteiger partial charge in [-0.1, -0.05) is 18.2 Å². The number of nitrogens with one attached hydrogen (secondary N) is 1. The molecule has 0 aliphatic heterocycles. The lowest BCUT2D eigenvalue weighted by molar-refractivity contribution is 0.0526. The summed E-state index contributed by atoms with van der Waals surface area (Å²) in [5, 5.41) is 7.99. The van der Waals surface area contributed by atoms with Crippen LogP contribution in [0, 0.1) is 6.92 Å². The van der Waals surface area contributed by atoms with Crippen molar-refractivity contribution >= 4 is 28.6 Å². The Morgan fingerprint density at radius 3 is 2.54 bits per heavy atom. The molecule has 0 unspecified atom stereocenters. The van der Waals surface area contributed by atoms with Crippen LogP contribution in [0.2, 0.25) is 0 Å². The van der Waals surface area contributed by atoms with Crippen molar-refractivity contribution in [1.82, 2.24) is 9.78 Å². The highest BCUT2D eigenvalue weighted by Crippen LogP contribution is 2.18. The summed E-state index contributed by atoms with van der Waals surface area (Å²) in [6.07, 6.45) is 0. The lowest BCUT2D eigenvalue weighted by Gasteiger charge is -2.07. The number of hydrogen-bond donors (Lipinski definition) is 1. The molecular weight excluding hydrogens is 306 g/mol. The maximum absolute atomic E-state index is 12.5. The SMILES string of the molecule is CCOC(=O)c1ccc(NC(=O)n2nc(C)c3ccccc32)cc1. The van der Waals surface area contributed by atoms with Crippen molar-refractivity contribution in [3.63, 3.8) is 0 Å². The number of ether oxygens (including phenoxy) is 1. The Morgan fingerprint density at radius 2 is 1.83 bits per heavy atom. The molecule has 0 aliphatic carbocycles. The Hall–Kier alpha value is -3.15. The van der Waals surface area contributed by atoms with Gasteiger partial charge in [-0.05, 0) is 44.2 Å². The molecule has 0 aliphatic rings. The third-order valence-electron chi connectivity index (χ3n) is 3.61. The lowest BCUT2D eigenvalue weighted by atomic mass is 10.2. The summed E-state index contributed by atoms with van der Waals surface area (Å²) in [4.78, 5) is 24.1. The van der Waals surface area contributed by atoms with E-state index in [2.05, 4.69) is 10.4 Å². The fraction of sp³-hybridized carbons (Fsp3) is 0.167. The van der Waals surface area contributed by atoms with Gasteiger partial charge in [-0.3, -0.25) is 0 Å². The molecule has 1 aromatic heterocycles. The molecule has 3 rings (SSSR count). The minimum atomic E-state index is -0.385. The summed E-state index contributed by atoms with van der Waals surface area (Å²) in [6, 6.07) is 13.7. The summed E-state index contributed by atoms with van der Waals surface area (Å²) in [5.74, 6) is -0.385. The molecule has 0 saturated heterocycles. The zero-order chi connectivity index (χ0) is 17.1. The summed E-state index contributed by atoms with van der Waals surface area (Å²) in [6.45, 7) is 3.94. The van der Waals surface area contributed by atoms with Gasteiger partial charge in [0.15, 0.2) is 0 Å². The topological polar surface area (TPSA) is 73.2 Å². The van der Waals surface area contributed by atoms with Crippen LogP contribution in [0.15, 0.2) is 48.5 Å². The van der Waals surface area contributed by atoms with Gasteiger partial charge in [0.25, 0.3) is 0 Å². The monoisotopic (exact) mass is 323 g/mol. The average Bonchev–Trinajstić information content (AvgIpc) is 2.93. The number of carbonyl (C=O) groups is 2. The number of aromatic nitrogens is 2. The van der Waals surface area contributed by atoms with Crippen molar-refractivity contribution in [2.45, 2.75) is 13.8 Å². The standard InChI is InChI=1S/C18H17N3O3/c1-3-24-17(22)13-8-10-14(11-9-13)19-18(23)21-16-7-5-4-6-15(16)12(2)20-21/h4-11H,3H2,1-2H3,(H,19,23). The lowest BCUT2D eigenvalue weighted by Crippen LogP contribution is -2.20. The molecule has 6 nitrogen and oxygen atoms in total. The van der Waals surface area contributed by atoms with Crippen molar-refractivity contribution < 1.29 is 14.3 Å². The molecule has 6 heteroatoms. The molecule has 1 N–H and O–H groups in total. The van der Waals surface area contributed by atoms with Crippen LogP contribution < -0.4 is 5.32 Å². The number of carbonyl (C=O) groups excluding carboxylic acids is 2. The number of fused-ring (bicyclic) bond motifs is 1. The molecular formula is C18H17N3O3. The normalized spacial score (nSPS) is 10.6. The van der Waals surface area contributed by atoms with Crippen molar-refractivity contribution in [3.05, 3.63) is 59.8 Å². The number of rotatable bonds is 3. The zero-order valence-electron chi connectivity index (χ0n) is 13.4. The predicted molar refractivity (Wildman–Crippen MR) is 91.3 cm³/mol. The van der Waals surface area contributed by atoms with Crippen LogP contribution in [-0.4, -0.2) is 28.4 Å². The van der Waals surface area contributed by atoms with Crippen molar-refractivity contribution in [1.29, 1.82) is 0 Å². The van der Waals surface area contributed by atoms with Gasteiger partial charge in [-0.2, -0.15) is 9.78 Å². The molecule has 24 heavy (non-hydrogen) atoms. The number of para-hydroxylation sites is 1. The summed E-state index contributed by atoms with van der Waals surface area (Å²) in [7, 11) is 0. The maximum atomic E-state index is 12.5. The smallest absolute Gasteiger partial charge is 0.347 e. The number of hydrogen-bond acceptors (Lipinski definition) is 4. The van der Waals surface area contributed by atoms with Gasteiger partial charge in [0, 0.05) is 11.1 Å². The molecule has 0 atom stereocenters. The number of esters is 1. The molecule has 2 aromatic carbocycles. The van der Waals surface area contributed by atoms with Gasteiger partial charge in [-0.15, -0.1) is 0 Å². The van der Waals surface area contributed by atoms with Gasteiger partial charge in [0.2, 0.25) is 0 Å². The zero-order valence-corrected chi connectivity index (χ0v) is 13.4. The molecule has 0 bridgehead atoms. The largest absolute Gasteiger partial charge is 0.462 e. The van der Waals surface area contributed by atoms with Crippen LogP contribution in [0.1, 0.15) is 23.0 Å². The minimum absolute atomic E-state index is 0.322. The maximum Gasteiger partial charge on any atom is 0.347 e. The first-order valence-electron chi connectivity index (χ1n) is 7.63. The highest BCUT2D eigenvalue weighted by atomic mass is 16.5. The van der Waals surface area contributed by atoms with Crippen LogP contribution in [0.5, 0.6) is 0 Å². The van der Waals surface area contributed by atoms with Gasteiger partial charge in [0.1, 0.15) is 0 Å². The van der Waals surface area contributed by atoms with E-state index in [9.17, 15) is 9.59 Å². The van der Waals surface area contributed by atoms with E-state index in [1.54, 1.807) is 31.2 Å². The van der Waals surface area contributed by atoms with Crippen LogP contribution in [-0.2, 0) is 4.74 Å². The van der Waals surface area contributed by atoms with Gasteiger partial charge in [0.05, 0.1) is 23.4 Å². The van der Waals surface area contributed by atoms with Gasteiger partial charge >= 0.3 is 12.0 Å². The molecule has 3 aromatic rings. The van der Waals surface area contributed by atoms with E-state index < -0.39 is 0 Å². The first-order valence-corrected chi connectivity index (χ1v) is 7.63. The molecule has 0 spiro atoms. The van der Waals surface area contributed by atoms with Crippen molar-refractivity contribution in [2.75, 3.05) is 11.9 Å². The average molecular weight is 323 g/mol. The minimum Gasteiger partial charge on any atom is -0.462 e. The predicted octanol–water partition coefficient (Wildman–Crippen LogP) is 3.60. The van der Waals surface area contributed by atoms with Gasteiger partial charge in [-0.25, -0.2) is 9.59 Å². The van der Waals surface area contributed by atoms with Crippen LogP contribution in [0.25, 0.3) is 10.9 Å². The second kappa shape index (κ2) is 6.54. The Bertz CT molecular complexity index is 898. The highest BCUT2D eigenvalue weighted by molar-refractivity contribution is 5.98. The van der Waals surface area contributed by atoms with E-state index >= 15 is 0 Å². The molecule has 1 amide bonds. The first kappa shape index (κ1) is 15.7. The van der Waals surface area contributed by atoms with E-state index in [-0.39, 0.29) is 12.0 Å². The van der Waals surface area contributed by atoms with Crippen molar-refractivity contribution in [3.8, 4) is 0 Å². The quantitative estimate of drug-likeness (QED) is 0.747. The van der Waals surface area contributed by atoms with Crippen LogP contribution >= 0.6 is 0 Å². The van der Waals surface area contributed by atoms with Gasteiger partial charge < -0.3 is 10.1 Å². The highest BCUT2D eigenvalue weighted by Gasteiger charge is 2.13. The van der Waals surface area contributed by atoms with E-state index in [0.29, 0.717) is 17.9 Å². The third kappa shape index (κ3) is 2.99. The fourth-order valence-electron chi connectivity index (χ4n) is 2.46. The van der Waals surface area contributed by atoms with E-state index in [0.717, 1.165) is 16.6 Å². The third-order valence-corrected chi connectivity index (χ3v) is 3.61. The molecule has 1 heterocycles. The molecule has 0 fully saturated rings. The summed E-state index contributed by atoms with van der Waals surface area (Å²) in [5.41, 5.74) is 2.55. The summed E-state index contributed by atoms with van der Waals surface area (Å²) < 4.78 is 6.27. The fourth-order valence-corrected chi connectivity index (χ4v) is 2.46. The molecule has 122 valence electrons. The summed E-state index contributed by atoms with van der Waals surface area (Å²) >= 11 is 0. The number of nitrogens with zero attached hydrogens (tertiary/aromatic N) is 2. The Balaban J connectivity index is 1.80.